The van der Waals surface area contributed by atoms with E-state index in [1.54, 1.807) is 12.2 Å². The van der Waals surface area contributed by atoms with E-state index in [2.05, 4.69) is 19.2 Å². The van der Waals surface area contributed by atoms with E-state index in [4.69, 9.17) is 0 Å². The molecule has 0 spiro atoms. The second kappa shape index (κ2) is 27.6. The first-order valence-corrected chi connectivity index (χ1v) is 18.6. The summed E-state index contributed by atoms with van der Waals surface area (Å²) < 4.78 is 0. The van der Waals surface area contributed by atoms with Gasteiger partial charge in [0.25, 0.3) is 0 Å². The van der Waals surface area contributed by atoms with Crippen molar-refractivity contribution in [3.8, 4) is 0 Å². The lowest BCUT2D eigenvalue weighted by atomic mass is 9.90. The van der Waals surface area contributed by atoms with Gasteiger partial charge in [0.05, 0.1) is 31.0 Å². The number of carbonyl (C=O) groups is 2. The van der Waals surface area contributed by atoms with Crippen molar-refractivity contribution in [3.63, 3.8) is 0 Å². The van der Waals surface area contributed by atoms with Gasteiger partial charge in [-0.05, 0) is 32.1 Å². The highest BCUT2D eigenvalue weighted by Gasteiger charge is 2.39. The monoisotopic (exact) mass is 636 g/mol. The van der Waals surface area contributed by atoms with Gasteiger partial charge in [0.2, 0.25) is 5.91 Å². The summed E-state index contributed by atoms with van der Waals surface area (Å²) in [4.78, 5) is 24.8. The van der Waals surface area contributed by atoms with Crippen LogP contribution in [0.4, 0.5) is 0 Å². The Morgan fingerprint density at radius 1 is 0.822 bits per heavy atom. The summed E-state index contributed by atoms with van der Waals surface area (Å²) >= 11 is 0. The lowest BCUT2D eigenvalue weighted by Gasteiger charge is -2.22. The number of nitrogens with one attached hydrogen (secondary N) is 1. The summed E-state index contributed by atoms with van der Waals surface area (Å²) in [6.07, 6.45) is 28.7. The molecule has 1 saturated carbocycles. The van der Waals surface area contributed by atoms with Crippen LogP contribution < -0.4 is 5.32 Å². The number of Topliss-reactive ketones (excluding diaryl/α,β-unsaturated/α-hetero) is 1. The number of allylic oxidation sites excluding steroid dienone is 3. The molecule has 262 valence electrons. The molecule has 0 bridgehead atoms. The van der Waals surface area contributed by atoms with E-state index in [1.165, 1.54) is 70.6 Å². The molecular weight excluding hydrogens is 566 g/mol. The van der Waals surface area contributed by atoms with Gasteiger partial charge in [-0.3, -0.25) is 9.59 Å². The normalized spacial score (nSPS) is 20.8. The minimum atomic E-state index is -0.744. The molecule has 45 heavy (non-hydrogen) atoms. The average molecular weight is 636 g/mol. The van der Waals surface area contributed by atoms with Gasteiger partial charge < -0.3 is 25.7 Å². The number of rotatable bonds is 29. The van der Waals surface area contributed by atoms with E-state index in [-0.39, 0.29) is 36.6 Å². The van der Waals surface area contributed by atoms with Crippen LogP contribution in [0.1, 0.15) is 162 Å². The molecule has 0 aromatic carbocycles. The summed E-state index contributed by atoms with van der Waals surface area (Å²) in [5, 5.41) is 43.6. The van der Waals surface area contributed by atoms with Gasteiger partial charge in [0.1, 0.15) is 5.78 Å². The lowest BCUT2D eigenvalue weighted by molar-refractivity contribution is -0.123. The van der Waals surface area contributed by atoms with Gasteiger partial charge in [-0.15, -0.1) is 0 Å². The van der Waals surface area contributed by atoms with Gasteiger partial charge in [-0.1, -0.05) is 141 Å². The molecule has 0 aromatic heterocycles. The summed E-state index contributed by atoms with van der Waals surface area (Å²) in [6, 6.07) is -0.637. The Labute approximate surface area is 275 Å². The minimum Gasteiger partial charge on any atom is -0.394 e. The average Bonchev–Trinajstić information content (AvgIpc) is 3.29. The van der Waals surface area contributed by atoms with Crippen LogP contribution in [0, 0.1) is 11.8 Å². The van der Waals surface area contributed by atoms with E-state index >= 15 is 0 Å². The molecule has 1 amide bonds. The van der Waals surface area contributed by atoms with Gasteiger partial charge in [0, 0.05) is 24.7 Å². The minimum absolute atomic E-state index is 0.0179. The fourth-order valence-corrected chi connectivity index (χ4v) is 6.34. The van der Waals surface area contributed by atoms with E-state index in [0.29, 0.717) is 38.5 Å². The summed E-state index contributed by atoms with van der Waals surface area (Å²) in [5.41, 5.74) is 0. The summed E-state index contributed by atoms with van der Waals surface area (Å²) in [7, 11) is 0. The van der Waals surface area contributed by atoms with Crippen LogP contribution in [0.25, 0.3) is 0 Å². The molecule has 1 fully saturated rings. The second-order valence-electron chi connectivity index (χ2n) is 13.4. The fourth-order valence-electron chi connectivity index (χ4n) is 6.34. The topological polar surface area (TPSA) is 127 Å². The molecule has 0 unspecified atom stereocenters. The molecule has 7 nitrogen and oxygen atoms in total. The third kappa shape index (κ3) is 20.3. The smallest absolute Gasteiger partial charge is 0.220 e. The van der Waals surface area contributed by atoms with Crippen molar-refractivity contribution in [3.05, 3.63) is 24.3 Å². The first kappa shape index (κ1) is 41.5. The Morgan fingerprint density at radius 2 is 1.38 bits per heavy atom. The predicted octanol–water partition coefficient (Wildman–Crippen LogP) is 7.49. The molecule has 0 aliphatic heterocycles. The maximum absolute atomic E-state index is 12.4. The Kier molecular flexibility index (Phi) is 25.4. The maximum atomic E-state index is 12.4. The van der Waals surface area contributed by atoms with Crippen LogP contribution in [0.15, 0.2) is 24.3 Å². The Balaban J connectivity index is 2.19. The third-order valence-electron chi connectivity index (χ3n) is 9.34. The Bertz CT molecular complexity index is 799. The summed E-state index contributed by atoms with van der Waals surface area (Å²) in [5.74, 6) is -0.730. The van der Waals surface area contributed by atoms with Crippen molar-refractivity contribution >= 4 is 11.7 Å². The molecule has 0 heterocycles. The number of ketones is 1. The lowest BCUT2D eigenvalue weighted by Crippen LogP contribution is -2.45. The van der Waals surface area contributed by atoms with Crippen LogP contribution in [0.3, 0.4) is 0 Å². The standard InChI is InChI=1S/C38H69NO6/c1-3-5-7-8-9-10-11-12-13-14-15-16-21-25-35(42)34(30-40)39-38(45)26-22-18-17-20-24-32-33(37(44)29-36(32)43)28-27-31(41)23-19-6-4-2/h17,20,27-28,31-36,40-43H,3-16,18-19,21-26,29-30H2,1-2H3,(H,39,45)/b20-17-,28-27+/t31-,32+,33+,34-,35+,36-/m0/s1. The number of hydrogen-bond donors (Lipinski definition) is 5. The number of carbonyl (C=O) groups excluding carboxylic acids is 2. The highest BCUT2D eigenvalue weighted by molar-refractivity contribution is 5.86. The van der Waals surface area contributed by atoms with Crippen molar-refractivity contribution in [2.45, 2.75) is 186 Å². The molecule has 1 aliphatic carbocycles. The van der Waals surface area contributed by atoms with Crippen molar-refractivity contribution in [2.24, 2.45) is 11.8 Å². The van der Waals surface area contributed by atoms with E-state index in [9.17, 15) is 30.0 Å². The molecule has 0 radical (unpaired) electrons. The van der Waals surface area contributed by atoms with Crippen molar-refractivity contribution in [1.29, 1.82) is 0 Å². The van der Waals surface area contributed by atoms with E-state index in [1.807, 2.05) is 12.2 Å². The first-order valence-electron chi connectivity index (χ1n) is 18.6. The number of aliphatic hydroxyl groups excluding tert-OH is 4. The Morgan fingerprint density at radius 3 is 1.98 bits per heavy atom. The number of unbranched alkanes of at least 4 members (excludes halogenated alkanes) is 15. The van der Waals surface area contributed by atoms with Crippen LogP contribution in [-0.4, -0.2) is 63.1 Å². The third-order valence-corrected chi connectivity index (χ3v) is 9.34. The van der Waals surface area contributed by atoms with Crippen molar-refractivity contribution < 1.29 is 30.0 Å². The summed E-state index contributed by atoms with van der Waals surface area (Å²) in [6.45, 7) is 4.09. The highest BCUT2D eigenvalue weighted by atomic mass is 16.3. The molecule has 0 aromatic rings. The van der Waals surface area contributed by atoms with Crippen LogP contribution in [0.5, 0.6) is 0 Å². The Hall–Kier alpha value is -1.54. The van der Waals surface area contributed by atoms with Gasteiger partial charge in [0.15, 0.2) is 0 Å². The molecule has 6 atom stereocenters. The number of hydrogen-bond acceptors (Lipinski definition) is 6. The largest absolute Gasteiger partial charge is 0.394 e. The maximum Gasteiger partial charge on any atom is 0.220 e. The van der Waals surface area contributed by atoms with Crippen molar-refractivity contribution in [2.75, 3.05) is 6.61 Å². The number of aliphatic hydroxyl groups is 4. The van der Waals surface area contributed by atoms with Gasteiger partial charge in [-0.2, -0.15) is 0 Å². The van der Waals surface area contributed by atoms with Gasteiger partial charge >= 0.3 is 0 Å². The zero-order valence-corrected chi connectivity index (χ0v) is 28.8. The molecule has 5 N–H and O–H groups in total. The van der Waals surface area contributed by atoms with Crippen LogP contribution >= 0.6 is 0 Å². The second-order valence-corrected chi connectivity index (χ2v) is 13.4. The van der Waals surface area contributed by atoms with E-state index < -0.39 is 24.4 Å². The predicted molar refractivity (Wildman–Crippen MR) is 185 cm³/mol. The first-order chi connectivity index (χ1) is 21.8. The van der Waals surface area contributed by atoms with Crippen molar-refractivity contribution in [1.82, 2.24) is 5.32 Å². The van der Waals surface area contributed by atoms with E-state index in [0.717, 1.165) is 32.1 Å². The zero-order valence-electron chi connectivity index (χ0n) is 28.8. The number of amides is 1. The zero-order chi connectivity index (χ0) is 33.1. The molecule has 1 rings (SSSR count). The molecule has 1 aliphatic rings. The van der Waals surface area contributed by atoms with Gasteiger partial charge in [-0.25, -0.2) is 0 Å². The molecule has 0 saturated heterocycles. The molecular formula is C38H69NO6. The fraction of sp³-hybridized carbons (Fsp3) is 0.842. The molecule has 7 heteroatoms. The highest BCUT2D eigenvalue weighted by Crippen LogP contribution is 2.33. The SMILES string of the molecule is CCCCCCCCCCCCCCC[C@@H](O)[C@H](CO)NC(=O)CCC/C=C\C[C@H]1[C@@H](O)CC(=O)[C@@H]1/C=C/[C@@H](O)CCCCC. The quantitative estimate of drug-likeness (QED) is 0.0428. The van der Waals surface area contributed by atoms with Crippen LogP contribution in [-0.2, 0) is 9.59 Å². The van der Waals surface area contributed by atoms with Crippen LogP contribution in [0.2, 0.25) is 0 Å².